The molecule has 0 aliphatic rings. The zero-order valence-electron chi connectivity index (χ0n) is 10.9. The molecular weight excluding hydrogens is 236 g/mol. The Morgan fingerprint density at radius 2 is 2.05 bits per heavy atom. The Morgan fingerprint density at radius 1 is 1.32 bits per heavy atom. The first-order chi connectivity index (χ1) is 9.27. The van der Waals surface area contributed by atoms with Gasteiger partial charge < -0.3 is 5.32 Å². The van der Waals surface area contributed by atoms with E-state index in [1.54, 1.807) is 0 Å². The number of hydrogen-bond donors (Lipinski definition) is 1. The highest BCUT2D eigenvalue weighted by Crippen LogP contribution is 2.08. The van der Waals surface area contributed by atoms with Crippen LogP contribution in [0.4, 0.5) is 0 Å². The Balaban J connectivity index is 2.37. The fraction of sp³-hybridized carbons (Fsp3) is 0.375. The molecule has 3 heteroatoms. The average molecular weight is 254 g/mol. The monoisotopic (exact) mass is 254 g/mol. The summed E-state index contributed by atoms with van der Waals surface area (Å²) in [6.45, 7) is 0.577. The van der Waals surface area contributed by atoms with Crippen LogP contribution in [0.25, 0.3) is 0 Å². The number of hydrogen-bond acceptors (Lipinski definition) is 2. The maximum absolute atomic E-state index is 11.8. The lowest BCUT2D eigenvalue weighted by molar-refractivity contribution is -0.123. The lowest BCUT2D eigenvalue weighted by atomic mass is 10.00. The molecule has 0 heterocycles. The van der Waals surface area contributed by atoms with E-state index in [4.69, 9.17) is 11.7 Å². The SMILES string of the molecule is C#CCCCCNC(=O)C(C#N)Cc1ccccc1. The van der Waals surface area contributed by atoms with E-state index in [9.17, 15) is 4.79 Å². The van der Waals surface area contributed by atoms with Crippen LogP contribution in [-0.2, 0) is 11.2 Å². The van der Waals surface area contributed by atoms with Crippen molar-refractivity contribution in [1.29, 1.82) is 5.26 Å². The molecule has 0 saturated carbocycles. The van der Waals surface area contributed by atoms with E-state index in [-0.39, 0.29) is 5.91 Å². The van der Waals surface area contributed by atoms with Gasteiger partial charge >= 0.3 is 0 Å². The second-order valence-electron chi connectivity index (χ2n) is 4.32. The maximum atomic E-state index is 11.8. The molecule has 0 spiro atoms. The van der Waals surface area contributed by atoms with Crippen LogP contribution in [0.5, 0.6) is 0 Å². The molecule has 1 aromatic carbocycles. The van der Waals surface area contributed by atoms with Gasteiger partial charge in [-0.1, -0.05) is 30.3 Å². The number of amides is 1. The van der Waals surface area contributed by atoms with Gasteiger partial charge in [0.05, 0.1) is 6.07 Å². The molecule has 19 heavy (non-hydrogen) atoms. The number of terminal acetylenes is 1. The molecule has 0 saturated heterocycles. The van der Waals surface area contributed by atoms with Crippen LogP contribution in [0.1, 0.15) is 24.8 Å². The van der Waals surface area contributed by atoms with Crippen LogP contribution >= 0.6 is 0 Å². The van der Waals surface area contributed by atoms with Crippen molar-refractivity contribution in [3.8, 4) is 18.4 Å². The first-order valence-electron chi connectivity index (χ1n) is 6.42. The van der Waals surface area contributed by atoms with Gasteiger partial charge in [0.1, 0.15) is 5.92 Å². The number of unbranched alkanes of at least 4 members (excludes halogenated alkanes) is 2. The zero-order chi connectivity index (χ0) is 13.9. The summed E-state index contributed by atoms with van der Waals surface area (Å²) in [5, 5.41) is 11.8. The van der Waals surface area contributed by atoms with Gasteiger partial charge in [-0.25, -0.2) is 0 Å². The van der Waals surface area contributed by atoms with Crippen LogP contribution in [0.2, 0.25) is 0 Å². The van der Waals surface area contributed by atoms with Crippen LogP contribution < -0.4 is 5.32 Å². The highest BCUT2D eigenvalue weighted by Gasteiger charge is 2.17. The van der Waals surface area contributed by atoms with Gasteiger partial charge in [0.15, 0.2) is 0 Å². The molecular formula is C16H18N2O. The molecule has 98 valence electrons. The predicted octanol–water partition coefficient (Wildman–Crippen LogP) is 2.29. The molecule has 0 aliphatic heterocycles. The van der Waals surface area contributed by atoms with Gasteiger partial charge in [-0.15, -0.1) is 12.3 Å². The quantitative estimate of drug-likeness (QED) is 0.599. The molecule has 0 fully saturated rings. The number of nitriles is 1. The Bertz CT molecular complexity index is 468. The van der Waals surface area contributed by atoms with Crippen LogP contribution in [-0.4, -0.2) is 12.5 Å². The minimum absolute atomic E-state index is 0.202. The summed E-state index contributed by atoms with van der Waals surface area (Å²) in [6, 6.07) is 11.6. The second kappa shape index (κ2) is 8.78. The predicted molar refractivity (Wildman–Crippen MR) is 74.9 cm³/mol. The molecule has 0 bridgehead atoms. The van der Waals surface area contributed by atoms with Gasteiger partial charge in [0, 0.05) is 13.0 Å². The largest absolute Gasteiger partial charge is 0.355 e. The minimum Gasteiger partial charge on any atom is -0.355 e. The summed E-state index contributed by atoms with van der Waals surface area (Å²) >= 11 is 0. The second-order valence-corrected chi connectivity index (χ2v) is 4.32. The molecule has 3 nitrogen and oxygen atoms in total. The van der Waals surface area contributed by atoms with Gasteiger partial charge in [0.2, 0.25) is 5.91 Å². The van der Waals surface area contributed by atoms with Crippen LogP contribution in [0, 0.1) is 29.6 Å². The summed E-state index contributed by atoms with van der Waals surface area (Å²) < 4.78 is 0. The van der Waals surface area contributed by atoms with Gasteiger partial charge in [-0.05, 0) is 24.8 Å². The Labute approximate surface area is 114 Å². The van der Waals surface area contributed by atoms with Gasteiger partial charge in [-0.2, -0.15) is 5.26 Å². The fourth-order valence-electron chi connectivity index (χ4n) is 1.73. The number of benzene rings is 1. The van der Waals surface area contributed by atoms with E-state index in [2.05, 4.69) is 17.3 Å². The van der Waals surface area contributed by atoms with Gasteiger partial charge in [0.25, 0.3) is 0 Å². The standard InChI is InChI=1S/C16H18N2O/c1-2-3-4-8-11-18-16(19)15(13-17)12-14-9-6-5-7-10-14/h1,5-7,9-10,15H,3-4,8,11-12H2,(H,18,19). The first-order valence-corrected chi connectivity index (χ1v) is 6.42. The van der Waals surface area contributed by atoms with Crippen LogP contribution in [0.15, 0.2) is 30.3 Å². The number of carbonyl (C=O) groups excluding carboxylic acids is 1. The van der Waals surface area contributed by atoms with Crippen molar-refractivity contribution in [3.63, 3.8) is 0 Å². The molecule has 1 N–H and O–H groups in total. The van der Waals surface area contributed by atoms with E-state index >= 15 is 0 Å². The Kier molecular flexibility index (Phi) is 6.84. The number of carbonyl (C=O) groups is 1. The molecule has 0 aromatic heterocycles. The van der Waals surface area contributed by atoms with E-state index < -0.39 is 5.92 Å². The normalized spacial score (nSPS) is 11.1. The third kappa shape index (κ3) is 5.75. The lowest BCUT2D eigenvalue weighted by Gasteiger charge is -2.10. The van der Waals surface area contributed by atoms with Crippen molar-refractivity contribution >= 4 is 5.91 Å². The zero-order valence-corrected chi connectivity index (χ0v) is 10.9. The van der Waals surface area contributed by atoms with Crippen molar-refractivity contribution < 1.29 is 4.79 Å². The summed E-state index contributed by atoms with van der Waals surface area (Å²) in [5.41, 5.74) is 0.997. The fourth-order valence-corrected chi connectivity index (χ4v) is 1.73. The molecule has 0 radical (unpaired) electrons. The molecule has 1 unspecified atom stereocenters. The van der Waals surface area contributed by atoms with E-state index in [0.29, 0.717) is 13.0 Å². The topological polar surface area (TPSA) is 52.9 Å². The van der Waals surface area contributed by atoms with Crippen molar-refractivity contribution in [3.05, 3.63) is 35.9 Å². The maximum Gasteiger partial charge on any atom is 0.237 e. The lowest BCUT2D eigenvalue weighted by Crippen LogP contribution is -2.31. The summed E-state index contributed by atoms with van der Waals surface area (Å²) in [5.74, 6) is 1.73. The molecule has 0 aliphatic carbocycles. The third-order valence-electron chi connectivity index (χ3n) is 2.80. The Hall–Kier alpha value is -2.26. The van der Waals surface area contributed by atoms with E-state index in [0.717, 1.165) is 24.8 Å². The van der Waals surface area contributed by atoms with E-state index in [1.165, 1.54) is 0 Å². The molecule has 1 atom stereocenters. The third-order valence-corrected chi connectivity index (χ3v) is 2.80. The highest BCUT2D eigenvalue weighted by atomic mass is 16.1. The minimum atomic E-state index is -0.630. The number of nitrogens with one attached hydrogen (secondary N) is 1. The van der Waals surface area contributed by atoms with Crippen molar-refractivity contribution in [2.75, 3.05) is 6.54 Å². The van der Waals surface area contributed by atoms with Crippen molar-refractivity contribution in [1.82, 2.24) is 5.32 Å². The summed E-state index contributed by atoms with van der Waals surface area (Å²) in [7, 11) is 0. The highest BCUT2D eigenvalue weighted by molar-refractivity contribution is 5.81. The first kappa shape index (κ1) is 14.8. The van der Waals surface area contributed by atoms with Crippen molar-refractivity contribution in [2.45, 2.75) is 25.7 Å². The number of rotatable bonds is 7. The van der Waals surface area contributed by atoms with E-state index in [1.807, 2.05) is 30.3 Å². The van der Waals surface area contributed by atoms with Crippen molar-refractivity contribution in [2.24, 2.45) is 5.92 Å². The van der Waals surface area contributed by atoms with Gasteiger partial charge in [-0.3, -0.25) is 4.79 Å². The smallest absolute Gasteiger partial charge is 0.237 e. The Morgan fingerprint density at radius 3 is 2.68 bits per heavy atom. The van der Waals surface area contributed by atoms with Crippen LogP contribution in [0.3, 0.4) is 0 Å². The molecule has 1 aromatic rings. The number of nitrogens with zero attached hydrogens (tertiary/aromatic N) is 1. The molecule has 1 rings (SSSR count). The summed E-state index contributed by atoms with van der Waals surface area (Å²) in [4.78, 5) is 11.8. The average Bonchev–Trinajstić information content (AvgIpc) is 2.45. The summed E-state index contributed by atoms with van der Waals surface area (Å²) in [6.07, 6.45) is 8.06. The molecule has 1 amide bonds.